The van der Waals surface area contributed by atoms with Crippen molar-refractivity contribution in [1.82, 2.24) is 5.01 Å². The van der Waals surface area contributed by atoms with Crippen LogP contribution in [0, 0.1) is 10.8 Å². The monoisotopic (exact) mass is 114 g/mol. The lowest BCUT2D eigenvalue weighted by Gasteiger charge is -2.02. The molecule has 0 amide bonds. The second kappa shape index (κ2) is 2.11. The maximum atomic E-state index is 9.83. The van der Waals surface area contributed by atoms with Crippen molar-refractivity contribution in [2.75, 3.05) is 13.1 Å². The predicted molar refractivity (Wildman–Crippen MR) is 31.1 cm³/mol. The highest BCUT2D eigenvalue weighted by Crippen LogP contribution is 2.13. The van der Waals surface area contributed by atoms with Gasteiger partial charge in [-0.15, -0.1) is 4.91 Å². The molecule has 46 valence electrons. The lowest BCUT2D eigenvalue weighted by atomic mass is 10.2. The highest BCUT2D eigenvalue weighted by Gasteiger charge is 2.16. The molecule has 1 heterocycles. The molecular weight excluding hydrogens is 104 g/mol. The Balaban J connectivity index is 2.32. The van der Waals surface area contributed by atoms with Crippen molar-refractivity contribution in [2.45, 2.75) is 13.3 Å². The van der Waals surface area contributed by atoms with E-state index >= 15 is 0 Å². The van der Waals surface area contributed by atoms with Crippen LogP contribution >= 0.6 is 0 Å². The van der Waals surface area contributed by atoms with Gasteiger partial charge in [0, 0.05) is 13.1 Å². The largest absolute Gasteiger partial charge is 0.261 e. The maximum absolute atomic E-state index is 9.83. The summed E-state index contributed by atoms with van der Waals surface area (Å²) in [5.74, 6) is 0.660. The van der Waals surface area contributed by atoms with E-state index in [0.29, 0.717) is 5.92 Å². The molecule has 1 aliphatic heterocycles. The van der Waals surface area contributed by atoms with Gasteiger partial charge in [-0.25, -0.2) is 0 Å². The first-order valence-electron chi connectivity index (χ1n) is 2.91. The van der Waals surface area contributed by atoms with Crippen molar-refractivity contribution in [2.24, 2.45) is 11.2 Å². The molecule has 0 N–H and O–H groups in total. The van der Waals surface area contributed by atoms with Crippen LogP contribution < -0.4 is 0 Å². The van der Waals surface area contributed by atoms with Crippen molar-refractivity contribution in [3.8, 4) is 0 Å². The third kappa shape index (κ3) is 0.967. The van der Waals surface area contributed by atoms with Crippen LogP contribution in [0.5, 0.6) is 0 Å². The van der Waals surface area contributed by atoms with Gasteiger partial charge < -0.3 is 0 Å². The topological polar surface area (TPSA) is 32.7 Å². The molecule has 8 heavy (non-hydrogen) atoms. The zero-order valence-electron chi connectivity index (χ0n) is 5.00. The molecule has 0 aromatic rings. The summed E-state index contributed by atoms with van der Waals surface area (Å²) in [4.78, 5) is 9.83. The molecular formula is C5H10N2O. The zero-order valence-corrected chi connectivity index (χ0v) is 5.00. The first kappa shape index (κ1) is 5.54. The van der Waals surface area contributed by atoms with E-state index < -0.39 is 0 Å². The van der Waals surface area contributed by atoms with Crippen LogP contribution in [0.3, 0.4) is 0 Å². The van der Waals surface area contributed by atoms with Gasteiger partial charge in [-0.1, -0.05) is 6.92 Å². The Kier molecular flexibility index (Phi) is 1.46. The van der Waals surface area contributed by atoms with E-state index in [1.807, 2.05) is 0 Å². The lowest BCUT2D eigenvalue weighted by Crippen LogP contribution is -2.10. The fraction of sp³-hybridized carbons (Fsp3) is 1.00. The van der Waals surface area contributed by atoms with Crippen LogP contribution in [0.25, 0.3) is 0 Å². The minimum absolute atomic E-state index is 0.660. The van der Waals surface area contributed by atoms with E-state index in [1.165, 1.54) is 0 Å². The molecule has 1 rings (SSSR count). The molecule has 3 heteroatoms. The molecule has 1 atom stereocenters. The van der Waals surface area contributed by atoms with Gasteiger partial charge in [-0.05, 0) is 12.3 Å². The highest BCUT2D eigenvalue weighted by molar-refractivity contribution is 4.67. The van der Waals surface area contributed by atoms with Crippen LogP contribution in [0.4, 0.5) is 0 Å². The average Bonchev–Trinajstić information content (AvgIpc) is 2.14. The normalized spacial score (nSPS) is 28.6. The fourth-order valence-corrected chi connectivity index (χ4v) is 0.986. The number of hydrogen-bond acceptors (Lipinski definition) is 2. The zero-order chi connectivity index (χ0) is 5.98. The Labute approximate surface area is 48.6 Å². The third-order valence-corrected chi connectivity index (χ3v) is 1.52. The van der Waals surface area contributed by atoms with Gasteiger partial charge >= 0.3 is 0 Å². The smallest absolute Gasteiger partial charge is 0.0524 e. The van der Waals surface area contributed by atoms with E-state index in [4.69, 9.17) is 0 Å². The molecule has 0 aromatic carbocycles. The Morgan fingerprint density at radius 2 is 2.50 bits per heavy atom. The number of rotatable bonds is 1. The SMILES string of the molecule is C[C@H]1CCN(N=O)C1. The van der Waals surface area contributed by atoms with Gasteiger partial charge in [-0.2, -0.15) is 0 Å². The number of hydrogen-bond donors (Lipinski definition) is 0. The van der Waals surface area contributed by atoms with Crippen molar-refractivity contribution in [3.63, 3.8) is 0 Å². The quantitative estimate of drug-likeness (QED) is 0.476. The summed E-state index contributed by atoms with van der Waals surface area (Å²) >= 11 is 0. The lowest BCUT2D eigenvalue weighted by molar-refractivity contribution is 0.343. The summed E-state index contributed by atoms with van der Waals surface area (Å²) in [5, 5.41) is 4.40. The van der Waals surface area contributed by atoms with Gasteiger partial charge in [0.25, 0.3) is 0 Å². The molecule has 1 saturated heterocycles. The molecule has 0 aromatic heterocycles. The maximum Gasteiger partial charge on any atom is 0.0524 e. The van der Waals surface area contributed by atoms with Crippen LogP contribution in [0.2, 0.25) is 0 Å². The first-order chi connectivity index (χ1) is 3.83. The van der Waals surface area contributed by atoms with Gasteiger partial charge in [-0.3, -0.25) is 5.01 Å². The van der Waals surface area contributed by atoms with Gasteiger partial charge in [0.05, 0.1) is 5.29 Å². The van der Waals surface area contributed by atoms with E-state index in [1.54, 1.807) is 5.01 Å². The molecule has 3 nitrogen and oxygen atoms in total. The second-order valence-corrected chi connectivity index (χ2v) is 2.39. The summed E-state index contributed by atoms with van der Waals surface area (Å²) in [7, 11) is 0. The molecule has 1 fully saturated rings. The molecule has 0 saturated carbocycles. The van der Waals surface area contributed by atoms with Crippen molar-refractivity contribution in [1.29, 1.82) is 0 Å². The summed E-state index contributed by atoms with van der Waals surface area (Å²) < 4.78 is 0. The van der Waals surface area contributed by atoms with Crippen molar-refractivity contribution in [3.05, 3.63) is 4.91 Å². The van der Waals surface area contributed by atoms with Gasteiger partial charge in [0.1, 0.15) is 0 Å². The molecule has 0 bridgehead atoms. The van der Waals surface area contributed by atoms with Gasteiger partial charge in [0.15, 0.2) is 0 Å². The molecule has 0 radical (unpaired) electrons. The average molecular weight is 114 g/mol. The Bertz CT molecular complexity index is 94.4. The number of nitrogens with zero attached hydrogens (tertiary/aromatic N) is 2. The summed E-state index contributed by atoms with van der Waals surface area (Å²) in [6, 6.07) is 0. The Morgan fingerprint density at radius 1 is 1.75 bits per heavy atom. The highest BCUT2D eigenvalue weighted by atomic mass is 16.3. The van der Waals surface area contributed by atoms with Crippen LogP contribution in [-0.4, -0.2) is 18.1 Å². The Morgan fingerprint density at radius 3 is 2.75 bits per heavy atom. The predicted octanol–water partition coefficient (Wildman–Crippen LogP) is 1.01. The molecule has 1 aliphatic rings. The second-order valence-electron chi connectivity index (χ2n) is 2.39. The minimum Gasteiger partial charge on any atom is -0.261 e. The van der Waals surface area contributed by atoms with Crippen LogP contribution in [-0.2, 0) is 0 Å². The van der Waals surface area contributed by atoms with Crippen LogP contribution in [0.15, 0.2) is 5.29 Å². The summed E-state index contributed by atoms with van der Waals surface area (Å²) in [6.45, 7) is 3.83. The van der Waals surface area contributed by atoms with Gasteiger partial charge in [0.2, 0.25) is 0 Å². The molecule has 0 aliphatic carbocycles. The third-order valence-electron chi connectivity index (χ3n) is 1.52. The minimum atomic E-state index is 0.660. The van der Waals surface area contributed by atoms with E-state index in [-0.39, 0.29) is 0 Å². The standard InChI is InChI=1S/C5H10N2O/c1-5-2-3-7(4-5)6-8/h5H,2-4H2,1H3/t5-/m0/s1. The van der Waals surface area contributed by atoms with E-state index in [0.717, 1.165) is 19.5 Å². The molecule has 0 spiro atoms. The number of nitroso groups, excluding NO2 is 1. The van der Waals surface area contributed by atoms with Crippen molar-refractivity contribution >= 4 is 0 Å². The van der Waals surface area contributed by atoms with E-state index in [9.17, 15) is 4.91 Å². The first-order valence-corrected chi connectivity index (χ1v) is 2.91. The Hall–Kier alpha value is -0.600. The van der Waals surface area contributed by atoms with Crippen LogP contribution in [0.1, 0.15) is 13.3 Å². The van der Waals surface area contributed by atoms with Crippen molar-refractivity contribution < 1.29 is 0 Å². The van der Waals surface area contributed by atoms with E-state index in [2.05, 4.69) is 12.2 Å². The fourth-order valence-electron chi connectivity index (χ4n) is 0.986. The summed E-state index contributed by atoms with van der Waals surface area (Å²) in [6.07, 6.45) is 1.12. The molecule has 0 unspecified atom stereocenters. The summed E-state index contributed by atoms with van der Waals surface area (Å²) in [5.41, 5.74) is 0.